The molecule has 0 saturated heterocycles. The maximum Gasteiger partial charge on any atom is 0.255 e. The maximum atomic E-state index is 13.4. The Balaban J connectivity index is 1.68. The Bertz CT molecular complexity index is 975. The molecular weight excluding hydrogens is 334 g/mol. The van der Waals surface area contributed by atoms with Gasteiger partial charge in [-0.05, 0) is 62.4 Å². The number of rotatable bonds is 3. The van der Waals surface area contributed by atoms with Gasteiger partial charge in [-0.3, -0.25) is 9.78 Å². The zero-order valence-corrected chi connectivity index (χ0v) is 16.1. The molecule has 0 fully saturated rings. The van der Waals surface area contributed by atoms with E-state index in [1.54, 1.807) is 6.20 Å². The van der Waals surface area contributed by atoms with E-state index in [1.807, 2.05) is 50.2 Å². The standard InChI is InChI=1S/C23H25N3O/c1-16-14-21(17(2)26(16)19-10-7-13-24-15-19)23(27)25(3)22-12-6-9-18-8-4-5-11-20(18)22/h4-5,7-8,10-11,13-15,22H,6,9,12H2,1-3H3/t22-/m0/s1. The first kappa shape index (κ1) is 17.5. The molecule has 1 atom stereocenters. The van der Waals surface area contributed by atoms with Crippen LogP contribution >= 0.6 is 0 Å². The van der Waals surface area contributed by atoms with Crippen LogP contribution in [0.25, 0.3) is 5.69 Å². The molecule has 0 bridgehead atoms. The van der Waals surface area contributed by atoms with Crippen LogP contribution in [-0.2, 0) is 6.42 Å². The summed E-state index contributed by atoms with van der Waals surface area (Å²) in [7, 11) is 1.94. The molecule has 1 amide bonds. The minimum Gasteiger partial charge on any atom is -0.335 e. The SMILES string of the molecule is Cc1cc(C(=O)N(C)[C@H]2CCCc3ccccc32)c(C)n1-c1cccnc1. The normalized spacial score (nSPS) is 16.0. The number of nitrogens with zero attached hydrogens (tertiary/aromatic N) is 3. The molecule has 1 aliphatic carbocycles. The number of amides is 1. The average molecular weight is 359 g/mol. The molecular formula is C23H25N3O. The number of carbonyl (C=O) groups is 1. The third kappa shape index (κ3) is 3.05. The van der Waals surface area contributed by atoms with Crippen molar-refractivity contribution < 1.29 is 4.79 Å². The van der Waals surface area contributed by atoms with Gasteiger partial charge in [0, 0.05) is 24.6 Å². The Morgan fingerprint density at radius 1 is 1.19 bits per heavy atom. The van der Waals surface area contributed by atoms with E-state index < -0.39 is 0 Å². The third-order valence-corrected chi connectivity index (χ3v) is 5.69. The molecule has 4 heteroatoms. The summed E-state index contributed by atoms with van der Waals surface area (Å²) >= 11 is 0. The van der Waals surface area contributed by atoms with E-state index in [2.05, 4.69) is 33.8 Å². The summed E-state index contributed by atoms with van der Waals surface area (Å²) < 4.78 is 2.10. The number of fused-ring (bicyclic) bond motifs is 1. The number of carbonyl (C=O) groups excluding carboxylic acids is 1. The lowest BCUT2D eigenvalue weighted by atomic mass is 9.87. The van der Waals surface area contributed by atoms with E-state index in [9.17, 15) is 4.79 Å². The highest BCUT2D eigenvalue weighted by Crippen LogP contribution is 2.34. The highest BCUT2D eigenvalue weighted by Gasteiger charge is 2.29. The van der Waals surface area contributed by atoms with E-state index in [0.29, 0.717) is 0 Å². The van der Waals surface area contributed by atoms with Crippen molar-refractivity contribution >= 4 is 5.91 Å². The minimum absolute atomic E-state index is 0.0833. The van der Waals surface area contributed by atoms with Gasteiger partial charge in [0.1, 0.15) is 0 Å². The summed E-state index contributed by atoms with van der Waals surface area (Å²) in [4.78, 5) is 19.5. The van der Waals surface area contributed by atoms with Crippen LogP contribution in [0.4, 0.5) is 0 Å². The summed E-state index contributed by atoms with van der Waals surface area (Å²) in [5.41, 5.74) is 6.41. The second-order valence-corrected chi connectivity index (χ2v) is 7.35. The molecule has 4 nitrogen and oxygen atoms in total. The van der Waals surface area contributed by atoms with E-state index in [1.165, 1.54) is 11.1 Å². The number of pyridine rings is 1. The summed E-state index contributed by atoms with van der Waals surface area (Å²) in [6.45, 7) is 4.04. The van der Waals surface area contributed by atoms with Crippen LogP contribution in [0.5, 0.6) is 0 Å². The first-order valence-electron chi connectivity index (χ1n) is 9.52. The topological polar surface area (TPSA) is 38.1 Å². The van der Waals surface area contributed by atoms with Gasteiger partial charge < -0.3 is 9.47 Å². The van der Waals surface area contributed by atoms with Crippen molar-refractivity contribution in [3.8, 4) is 5.69 Å². The number of benzene rings is 1. The second-order valence-electron chi connectivity index (χ2n) is 7.35. The fraction of sp³-hybridized carbons (Fsp3) is 0.304. The van der Waals surface area contributed by atoms with Gasteiger partial charge in [-0.1, -0.05) is 24.3 Å². The van der Waals surface area contributed by atoms with E-state index in [4.69, 9.17) is 0 Å². The van der Waals surface area contributed by atoms with E-state index in [-0.39, 0.29) is 11.9 Å². The Hall–Kier alpha value is -2.88. The Morgan fingerprint density at radius 2 is 2.00 bits per heavy atom. The molecule has 0 aliphatic heterocycles. The van der Waals surface area contributed by atoms with Crippen LogP contribution in [0.3, 0.4) is 0 Å². The van der Waals surface area contributed by atoms with E-state index >= 15 is 0 Å². The Morgan fingerprint density at radius 3 is 2.78 bits per heavy atom. The van der Waals surface area contributed by atoms with Gasteiger partial charge in [0.05, 0.1) is 23.5 Å². The highest BCUT2D eigenvalue weighted by molar-refractivity contribution is 5.96. The van der Waals surface area contributed by atoms with Crippen molar-refractivity contribution in [2.24, 2.45) is 0 Å². The van der Waals surface area contributed by atoms with Crippen molar-refractivity contribution in [3.63, 3.8) is 0 Å². The molecule has 0 spiro atoms. The highest BCUT2D eigenvalue weighted by atomic mass is 16.2. The lowest BCUT2D eigenvalue weighted by Gasteiger charge is -2.33. The van der Waals surface area contributed by atoms with Gasteiger partial charge >= 0.3 is 0 Å². The van der Waals surface area contributed by atoms with Gasteiger partial charge in [-0.25, -0.2) is 0 Å². The fourth-order valence-electron chi connectivity index (χ4n) is 4.32. The van der Waals surface area contributed by atoms with Crippen LogP contribution in [0, 0.1) is 13.8 Å². The quantitative estimate of drug-likeness (QED) is 0.683. The van der Waals surface area contributed by atoms with Gasteiger partial charge in [0.15, 0.2) is 0 Å². The van der Waals surface area contributed by atoms with Gasteiger partial charge in [0.2, 0.25) is 0 Å². The monoisotopic (exact) mass is 359 g/mol. The molecule has 27 heavy (non-hydrogen) atoms. The third-order valence-electron chi connectivity index (χ3n) is 5.69. The second kappa shape index (κ2) is 7.03. The molecule has 1 aliphatic rings. The molecule has 4 rings (SSSR count). The minimum atomic E-state index is 0.0833. The predicted molar refractivity (Wildman–Crippen MR) is 107 cm³/mol. The summed E-state index contributed by atoms with van der Waals surface area (Å²) in [5, 5.41) is 0. The van der Waals surface area contributed by atoms with Crippen LogP contribution in [0.2, 0.25) is 0 Å². The number of aromatic nitrogens is 2. The molecule has 1 aromatic carbocycles. The molecule has 0 unspecified atom stereocenters. The van der Waals surface area contributed by atoms with Crippen molar-refractivity contribution in [2.75, 3.05) is 7.05 Å². The van der Waals surface area contributed by atoms with Crippen LogP contribution < -0.4 is 0 Å². The maximum absolute atomic E-state index is 13.4. The lowest BCUT2D eigenvalue weighted by Crippen LogP contribution is -2.33. The van der Waals surface area contributed by atoms with Crippen LogP contribution in [-0.4, -0.2) is 27.4 Å². The van der Waals surface area contributed by atoms with E-state index in [0.717, 1.165) is 41.9 Å². The summed E-state index contributed by atoms with van der Waals surface area (Å²) in [5.74, 6) is 0.0833. The van der Waals surface area contributed by atoms with Crippen molar-refractivity contribution in [2.45, 2.75) is 39.2 Å². The zero-order chi connectivity index (χ0) is 19.0. The largest absolute Gasteiger partial charge is 0.335 e. The first-order valence-corrected chi connectivity index (χ1v) is 9.52. The Labute approximate surface area is 160 Å². The number of hydrogen-bond acceptors (Lipinski definition) is 2. The number of aryl methyl sites for hydroxylation is 2. The van der Waals surface area contributed by atoms with Crippen LogP contribution in [0.15, 0.2) is 54.9 Å². The van der Waals surface area contributed by atoms with Gasteiger partial charge in [0.25, 0.3) is 5.91 Å². The molecule has 2 aromatic heterocycles. The van der Waals surface area contributed by atoms with Crippen molar-refractivity contribution in [1.82, 2.24) is 14.5 Å². The summed E-state index contributed by atoms with van der Waals surface area (Å²) in [6.07, 6.45) is 6.83. The van der Waals surface area contributed by atoms with Crippen molar-refractivity contribution in [1.29, 1.82) is 0 Å². The van der Waals surface area contributed by atoms with Gasteiger partial charge in [-0.15, -0.1) is 0 Å². The molecule has 0 radical (unpaired) electrons. The molecule has 138 valence electrons. The Kier molecular flexibility index (Phi) is 4.56. The number of hydrogen-bond donors (Lipinski definition) is 0. The molecule has 0 saturated carbocycles. The summed E-state index contributed by atoms with van der Waals surface area (Å²) in [6, 6.07) is 14.6. The fourth-order valence-corrected chi connectivity index (χ4v) is 4.32. The van der Waals surface area contributed by atoms with Crippen LogP contribution in [0.1, 0.15) is 51.8 Å². The average Bonchev–Trinajstić information content (AvgIpc) is 3.01. The lowest BCUT2D eigenvalue weighted by molar-refractivity contribution is 0.0714. The first-order chi connectivity index (χ1) is 13.1. The predicted octanol–water partition coefficient (Wildman–Crippen LogP) is 4.64. The van der Waals surface area contributed by atoms with Gasteiger partial charge in [-0.2, -0.15) is 0 Å². The molecule has 0 N–H and O–H groups in total. The zero-order valence-electron chi connectivity index (χ0n) is 16.1. The van der Waals surface area contributed by atoms with Crippen molar-refractivity contribution in [3.05, 3.63) is 82.9 Å². The smallest absolute Gasteiger partial charge is 0.255 e. The molecule has 2 heterocycles. The molecule has 3 aromatic rings.